The van der Waals surface area contributed by atoms with Crippen LogP contribution >= 0.6 is 23.2 Å². The lowest BCUT2D eigenvalue weighted by atomic mass is 9.89. The van der Waals surface area contributed by atoms with E-state index in [1.807, 2.05) is 0 Å². The van der Waals surface area contributed by atoms with Gasteiger partial charge in [-0.2, -0.15) is 0 Å². The number of rotatable bonds is 6. The van der Waals surface area contributed by atoms with E-state index in [9.17, 15) is 14.4 Å². The number of ether oxygens (including phenoxy) is 1. The second kappa shape index (κ2) is 9.63. The summed E-state index contributed by atoms with van der Waals surface area (Å²) in [7, 11) is 0. The van der Waals surface area contributed by atoms with Crippen LogP contribution in [0.1, 0.15) is 32.1 Å². The highest BCUT2D eigenvalue weighted by molar-refractivity contribution is 6.42. The van der Waals surface area contributed by atoms with E-state index in [0.717, 1.165) is 32.1 Å². The number of esters is 1. The van der Waals surface area contributed by atoms with Gasteiger partial charge in [0.15, 0.2) is 6.61 Å². The third-order valence-electron chi connectivity index (χ3n) is 3.95. The van der Waals surface area contributed by atoms with Crippen molar-refractivity contribution in [2.75, 3.05) is 18.5 Å². The molecule has 6 nitrogen and oxygen atoms in total. The summed E-state index contributed by atoms with van der Waals surface area (Å²) in [5.74, 6) is -1.32. The van der Waals surface area contributed by atoms with Crippen LogP contribution in [-0.4, -0.2) is 30.9 Å². The third-order valence-corrected chi connectivity index (χ3v) is 4.69. The first-order chi connectivity index (χ1) is 12.0. The predicted molar refractivity (Wildman–Crippen MR) is 95.6 cm³/mol. The van der Waals surface area contributed by atoms with Crippen molar-refractivity contribution in [1.29, 1.82) is 0 Å². The van der Waals surface area contributed by atoms with Gasteiger partial charge in [0.25, 0.3) is 5.91 Å². The number of nitrogens with one attached hydrogen (secondary N) is 2. The molecule has 136 valence electrons. The van der Waals surface area contributed by atoms with E-state index >= 15 is 0 Å². The smallest absolute Gasteiger partial charge is 0.325 e. The Morgan fingerprint density at radius 2 is 1.80 bits per heavy atom. The van der Waals surface area contributed by atoms with Gasteiger partial charge in [0.2, 0.25) is 5.91 Å². The fourth-order valence-corrected chi connectivity index (χ4v) is 2.93. The van der Waals surface area contributed by atoms with E-state index in [1.165, 1.54) is 6.07 Å². The number of hydrogen-bond donors (Lipinski definition) is 2. The van der Waals surface area contributed by atoms with Gasteiger partial charge in [-0.25, -0.2) is 0 Å². The van der Waals surface area contributed by atoms with Crippen molar-refractivity contribution in [3.63, 3.8) is 0 Å². The van der Waals surface area contributed by atoms with Crippen molar-refractivity contribution in [1.82, 2.24) is 5.32 Å². The molecule has 2 rings (SSSR count). The summed E-state index contributed by atoms with van der Waals surface area (Å²) in [5.41, 5.74) is 0.445. The largest absolute Gasteiger partial charge is 0.454 e. The zero-order chi connectivity index (χ0) is 18.2. The lowest BCUT2D eigenvalue weighted by Gasteiger charge is -2.20. The van der Waals surface area contributed by atoms with Gasteiger partial charge in [-0.05, 0) is 31.0 Å². The van der Waals surface area contributed by atoms with Crippen LogP contribution in [0.2, 0.25) is 10.0 Å². The van der Waals surface area contributed by atoms with Gasteiger partial charge in [-0.1, -0.05) is 42.5 Å². The van der Waals surface area contributed by atoms with Gasteiger partial charge in [0, 0.05) is 11.6 Å². The maximum Gasteiger partial charge on any atom is 0.325 e. The molecule has 0 bridgehead atoms. The highest BCUT2D eigenvalue weighted by Crippen LogP contribution is 2.25. The molecule has 2 N–H and O–H groups in total. The fraction of sp³-hybridized carbons (Fsp3) is 0.471. The zero-order valence-electron chi connectivity index (χ0n) is 13.6. The van der Waals surface area contributed by atoms with Gasteiger partial charge >= 0.3 is 5.97 Å². The molecular formula is C17H20Cl2N2O4. The average Bonchev–Trinajstić information content (AvgIpc) is 2.61. The summed E-state index contributed by atoms with van der Waals surface area (Å²) < 4.78 is 4.84. The minimum Gasteiger partial charge on any atom is -0.454 e. The Balaban J connectivity index is 1.67. The molecule has 0 saturated heterocycles. The SMILES string of the molecule is O=C(COC(=O)CNC(=O)C1CCCCC1)Nc1ccc(Cl)c(Cl)c1. The van der Waals surface area contributed by atoms with E-state index in [2.05, 4.69) is 10.6 Å². The van der Waals surface area contributed by atoms with Gasteiger partial charge < -0.3 is 15.4 Å². The Morgan fingerprint density at radius 1 is 1.08 bits per heavy atom. The van der Waals surface area contributed by atoms with Gasteiger partial charge in [0.1, 0.15) is 6.54 Å². The predicted octanol–water partition coefficient (Wildman–Crippen LogP) is 3.17. The minimum atomic E-state index is -0.659. The Labute approximate surface area is 156 Å². The standard InChI is InChI=1S/C17H20Cl2N2O4/c18-13-7-6-12(8-14(13)19)21-15(22)10-25-16(23)9-20-17(24)11-4-2-1-3-5-11/h6-8,11H,1-5,9-10H2,(H,20,24)(H,21,22). The lowest BCUT2D eigenvalue weighted by molar-refractivity contribution is -0.147. The molecule has 1 aromatic rings. The Kier molecular flexibility index (Phi) is 7.52. The van der Waals surface area contributed by atoms with E-state index in [4.69, 9.17) is 27.9 Å². The van der Waals surface area contributed by atoms with Crippen molar-refractivity contribution in [3.05, 3.63) is 28.2 Å². The Hall–Kier alpha value is -1.79. The van der Waals surface area contributed by atoms with E-state index in [1.54, 1.807) is 12.1 Å². The van der Waals surface area contributed by atoms with Crippen molar-refractivity contribution in [3.8, 4) is 0 Å². The number of benzene rings is 1. The quantitative estimate of drug-likeness (QED) is 0.735. The molecule has 1 aliphatic rings. The normalized spacial score (nSPS) is 14.6. The summed E-state index contributed by atoms with van der Waals surface area (Å²) in [6, 6.07) is 4.62. The number of carbonyl (C=O) groups is 3. The number of amides is 2. The highest BCUT2D eigenvalue weighted by Gasteiger charge is 2.21. The molecule has 8 heteroatoms. The molecule has 2 amide bonds. The molecule has 0 aromatic heterocycles. The van der Waals surface area contributed by atoms with Crippen LogP contribution in [0, 0.1) is 5.92 Å². The van der Waals surface area contributed by atoms with Crippen LogP contribution in [-0.2, 0) is 19.1 Å². The molecule has 1 fully saturated rings. The monoisotopic (exact) mass is 386 g/mol. The summed E-state index contributed by atoms with van der Waals surface area (Å²) in [6.07, 6.45) is 4.94. The fourth-order valence-electron chi connectivity index (χ4n) is 2.64. The van der Waals surface area contributed by atoms with Gasteiger partial charge in [-0.15, -0.1) is 0 Å². The van der Waals surface area contributed by atoms with Crippen LogP contribution in [0.3, 0.4) is 0 Å². The maximum atomic E-state index is 11.9. The van der Waals surface area contributed by atoms with Crippen molar-refractivity contribution < 1.29 is 19.1 Å². The zero-order valence-corrected chi connectivity index (χ0v) is 15.2. The maximum absolute atomic E-state index is 11.9. The van der Waals surface area contributed by atoms with Crippen molar-refractivity contribution in [2.24, 2.45) is 5.92 Å². The van der Waals surface area contributed by atoms with Crippen LogP contribution in [0.15, 0.2) is 18.2 Å². The molecular weight excluding hydrogens is 367 g/mol. The molecule has 0 radical (unpaired) electrons. The number of carbonyl (C=O) groups excluding carboxylic acids is 3. The Bertz CT molecular complexity index is 646. The summed E-state index contributed by atoms with van der Waals surface area (Å²) in [5, 5.41) is 5.78. The molecule has 0 aliphatic heterocycles. The average molecular weight is 387 g/mol. The van der Waals surface area contributed by atoms with Crippen molar-refractivity contribution in [2.45, 2.75) is 32.1 Å². The molecule has 0 unspecified atom stereocenters. The van der Waals surface area contributed by atoms with Crippen LogP contribution in [0.5, 0.6) is 0 Å². The van der Waals surface area contributed by atoms with Gasteiger partial charge in [-0.3, -0.25) is 14.4 Å². The molecule has 1 aromatic carbocycles. The molecule has 0 atom stereocenters. The molecule has 1 saturated carbocycles. The first-order valence-corrected chi connectivity index (χ1v) is 8.89. The van der Waals surface area contributed by atoms with E-state index < -0.39 is 18.5 Å². The first-order valence-electron chi connectivity index (χ1n) is 8.14. The molecule has 1 aliphatic carbocycles. The first kappa shape index (κ1) is 19.5. The summed E-state index contributed by atoms with van der Waals surface area (Å²) in [4.78, 5) is 35.3. The second-order valence-corrected chi connectivity index (χ2v) is 6.70. The molecule has 0 spiro atoms. The van der Waals surface area contributed by atoms with Crippen LogP contribution in [0.4, 0.5) is 5.69 Å². The van der Waals surface area contributed by atoms with E-state index in [-0.39, 0.29) is 18.4 Å². The highest BCUT2D eigenvalue weighted by atomic mass is 35.5. The minimum absolute atomic E-state index is 0.0282. The van der Waals surface area contributed by atoms with Gasteiger partial charge in [0.05, 0.1) is 10.0 Å². The number of hydrogen-bond acceptors (Lipinski definition) is 4. The third kappa shape index (κ3) is 6.55. The number of halogens is 2. The Morgan fingerprint density at radius 3 is 2.48 bits per heavy atom. The molecule has 25 heavy (non-hydrogen) atoms. The number of anilines is 1. The molecule has 0 heterocycles. The lowest BCUT2D eigenvalue weighted by Crippen LogP contribution is -2.36. The second-order valence-electron chi connectivity index (χ2n) is 5.89. The van der Waals surface area contributed by atoms with Crippen LogP contribution < -0.4 is 10.6 Å². The summed E-state index contributed by atoms with van der Waals surface area (Å²) in [6.45, 7) is -0.687. The van der Waals surface area contributed by atoms with E-state index in [0.29, 0.717) is 15.7 Å². The van der Waals surface area contributed by atoms with Crippen LogP contribution in [0.25, 0.3) is 0 Å². The summed E-state index contributed by atoms with van der Waals surface area (Å²) >= 11 is 11.6. The van der Waals surface area contributed by atoms with Crippen molar-refractivity contribution >= 4 is 46.7 Å². The topological polar surface area (TPSA) is 84.5 Å².